The summed E-state index contributed by atoms with van der Waals surface area (Å²) in [5, 5.41) is 10.2. The maximum absolute atomic E-state index is 13.2. The number of rotatable bonds is 8. The number of nitrogens with two attached hydrogens (primary N) is 1. The van der Waals surface area contributed by atoms with E-state index in [-0.39, 0.29) is 12.4 Å². The summed E-state index contributed by atoms with van der Waals surface area (Å²) < 4.78 is 13.2. The molecule has 0 saturated carbocycles. The summed E-state index contributed by atoms with van der Waals surface area (Å²) in [4.78, 5) is 11.4. The molecule has 3 rings (SSSR count). The monoisotopic (exact) mass is 354 g/mol. The zero-order valence-electron chi connectivity index (χ0n) is 14.6. The molecule has 1 heterocycles. The van der Waals surface area contributed by atoms with Crippen LogP contribution in [0.4, 0.5) is 10.2 Å². The van der Waals surface area contributed by atoms with E-state index in [1.807, 2.05) is 24.3 Å². The van der Waals surface area contributed by atoms with Gasteiger partial charge in [-0.25, -0.2) is 14.4 Å². The zero-order valence-corrected chi connectivity index (χ0v) is 14.6. The van der Waals surface area contributed by atoms with Gasteiger partial charge in [0.2, 0.25) is 0 Å². The highest BCUT2D eigenvalue weighted by Gasteiger charge is 2.15. The van der Waals surface area contributed by atoms with E-state index >= 15 is 0 Å². The second-order valence-corrected chi connectivity index (χ2v) is 6.14. The van der Waals surface area contributed by atoms with Crippen LogP contribution >= 0.6 is 0 Å². The van der Waals surface area contributed by atoms with E-state index in [0.717, 1.165) is 22.3 Å². The lowest BCUT2D eigenvalue weighted by molar-refractivity contribution is 0.289. The Hall–Kier alpha value is -2.57. The largest absolute Gasteiger partial charge is 0.396 e. The highest BCUT2D eigenvalue weighted by Crippen LogP contribution is 2.25. The first kappa shape index (κ1) is 18.2. The van der Waals surface area contributed by atoms with Crippen molar-refractivity contribution >= 4 is 16.7 Å². The molecule has 3 aromatic rings. The Morgan fingerprint density at radius 3 is 2.54 bits per heavy atom. The number of fused-ring (bicyclic) bond motifs is 1. The van der Waals surface area contributed by atoms with Gasteiger partial charge in [0.25, 0.3) is 0 Å². The van der Waals surface area contributed by atoms with Crippen molar-refractivity contribution in [3.63, 3.8) is 0 Å². The number of halogens is 1. The van der Waals surface area contributed by atoms with Gasteiger partial charge >= 0.3 is 0 Å². The third kappa shape index (κ3) is 4.33. The van der Waals surface area contributed by atoms with Crippen LogP contribution in [0.5, 0.6) is 0 Å². The highest BCUT2D eigenvalue weighted by atomic mass is 19.1. The Morgan fingerprint density at radius 1 is 1.04 bits per heavy atom. The number of hydrogen-bond acceptors (Lipinski definition) is 5. The minimum atomic E-state index is -0.256. The van der Waals surface area contributed by atoms with E-state index in [4.69, 9.17) is 10.7 Å². The van der Waals surface area contributed by atoms with Gasteiger partial charge in [-0.1, -0.05) is 24.3 Å². The van der Waals surface area contributed by atoms with Crippen LogP contribution in [-0.2, 0) is 13.0 Å². The van der Waals surface area contributed by atoms with Gasteiger partial charge in [0.15, 0.2) is 0 Å². The minimum Gasteiger partial charge on any atom is -0.396 e. The fraction of sp³-hybridized carbons (Fsp3) is 0.300. The van der Waals surface area contributed by atoms with E-state index in [1.54, 1.807) is 12.1 Å². The van der Waals surface area contributed by atoms with Gasteiger partial charge in [-0.2, -0.15) is 0 Å². The van der Waals surface area contributed by atoms with Gasteiger partial charge in [-0.3, -0.25) is 0 Å². The number of aliphatic hydroxyl groups excluding tert-OH is 1. The summed E-state index contributed by atoms with van der Waals surface area (Å²) >= 11 is 0. The van der Waals surface area contributed by atoms with E-state index in [2.05, 4.69) is 9.88 Å². The molecule has 0 aliphatic rings. The van der Waals surface area contributed by atoms with Crippen LogP contribution in [0.1, 0.15) is 17.8 Å². The van der Waals surface area contributed by atoms with Crippen LogP contribution in [-0.4, -0.2) is 34.8 Å². The molecule has 0 aliphatic heterocycles. The molecule has 0 radical (unpaired) electrons. The summed E-state index contributed by atoms with van der Waals surface area (Å²) in [5.41, 5.74) is 7.54. The van der Waals surface area contributed by atoms with Crippen LogP contribution in [0.25, 0.3) is 10.9 Å². The maximum atomic E-state index is 13.2. The van der Waals surface area contributed by atoms with Crippen molar-refractivity contribution in [2.24, 2.45) is 5.73 Å². The van der Waals surface area contributed by atoms with Gasteiger partial charge < -0.3 is 15.7 Å². The van der Waals surface area contributed by atoms with Crippen LogP contribution in [0.2, 0.25) is 0 Å². The average Bonchev–Trinajstić information content (AvgIpc) is 2.66. The van der Waals surface area contributed by atoms with E-state index in [1.165, 1.54) is 12.1 Å². The molecule has 0 aliphatic carbocycles. The Bertz CT molecular complexity index is 854. The first-order valence-corrected chi connectivity index (χ1v) is 8.77. The average molecular weight is 354 g/mol. The third-order valence-corrected chi connectivity index (χ3v) is 4.17. The van der Waals surface area contributed by atoms with Crippen molar-refractivity contribution in [1.82, 2.24) is 9.97 Å². The number of hydrogen-bond donors (Lipinski definition) is 2. The molecule has 0 unspecified atom stereocenters. The maximum Gasteiger partial charge on any atom is 0.140 e. The molecule has 5 nitrogen and oxygen atoms in total. The minimum absolute atomic E-state index is 0.0958. The Balaban J connectivity index is 2.02. The number of aromatic nitrogens is 2. The van der Waals surface area contributed by atoms with Crippen molar-refractivity contribution < 1.29 is 9.50 Å². The van der Waals surface area contributed by atoms with Crippen LogP contribution in [0.3, 0.4) is 0 Å². The summed E-state index contributed by atoms with van der Waals surface area (Å²) in [7, 11) is 0. The normalized spacial score (nSPS) is 11.0. The molecule has 26 heavy (non-hydrogen) atoms. The summed E-state index contributed by atoms with van der Waals surface area (Å²) in [5.74, 6) is 1.26. The zero-order chi connectivity index (χ0) is 18.4. The second-order valence-electron chi connectivity index (χ2n) is 6.14. The Kier molecular flexibility index (Phi) is 6.09. The quantitative estimate of drug-likeness (QED) is 0.650. The molecule has 2 aromatic carbocycles. The fourth-order valence-electron chi connectivity index (χ4n) is 2.92. The van der Waals surface area contributed by atoms with Crippen molar-refractivity contribution in [3.8, 4) is 0 Å². The molecule has 0 atom stereocenters. The smallest absolute Gasteiger partial charge is 0.140 e. The first-order chi connectivity index (χ1) is 12.7. The molecule has 6 heteroatoms. The fourth-order valence-corrected chi connectivity index (χ4v) is 2.92. The molecular weight excluding hydrogens is 331 g/mol. The van der Waals surface area contributed by atoms with Crippen LogP contribution in [0.15, 0.2) is 48.5 Å². The van der Waals surface area contributed by atoms with Crippen molar-refractivity contribution in [2.75, 3.05) is 24.6 Å². The lowest BCUT2D eigenvalue weighted by atomic mass is 10.1. The van der Waals surface area contributed by atoms with Crippen molar-refractivity contribution in [1.29, 1.82) is 0 Å². The molecule has 0 fully saturated rings. The lowest BCUT2D eigenvalue weighted by Crippen LogP contribution is -2.26. The molecule has 1 aromatic heterocycles. The molecule has 136 valence electrons. The number of para-hydroxylation sites is 1. The van der Waals surface area contributed by atoms with Gasteiger partial charge in [0, 0.05) is 31.5 Å². The summed E-state index contributed by atoms with van der Waals surface area (Å²) in [6, 6.07) is 14.3. The Labute approximate surface area is 152 Å². The Morgan fingerprint density at radius 2 is 1.81 bits per heavy atom. The summed E-state index contributed by atoms with van der Waals surface area (Å²) in [6.45, 7) is 1.78. The molecule has 0 amide bonds. The van der Waals surface area contributed by atoms with Crippen LogP contribution in [0, 0.1) is 5.82 Å². The van der Waals surface area contributed by atoms with E-state index in [9.17, 15) is 9.50 Å². The highest BCUT2D eigenvalue weighted by molar-refractivity contribution is 5.89. The predicted octanol–water partition coefficient (Wildman–Crippen LogP) is 2.66. The first-order valence-electron chi connectivity index (χ1n) is 8.77. The third-order valence-electron chi connectivity index (χ3n) is 4.17. The lowest BCUT2D eigenvalue weighted by Gasteiger charge is -2.25. The molecule has 0 bridgehead atoms. The second kappa shape index (κ2) is 8.69. The molecule has 0 spiro atoms. The number of aliphatic hydroxyl groups is 1. The van der Waals surface area contributed by atoms with Gasteiger partial charge in [0.1, 0.15) is 17.5 Å². The SMILES string of the molecule is NCCc1nc(N(CCCO)Cc2ccc(F)cc2)c2ccccc2n1. The molecule has 3 N–H and O–H groups in total. The van der Waals surface area contributed by atoms with E-state index in [0.29, 0.717) is 38.3 Å². The standard InChI is InChI=1S/C20H23FN4O/c21-16-8-6-15(7-9-16)14-25(12-3-13-26)20-17-4-1-2-5-18(17)23-19(24-20)10-11-22/h1-2,4-9,26H,3,10-14,22H2. The number of anilines is 1. The summed E-state index contributed by atoms with van der Waals surface area (Å²) in [6.07, 6.45) is 1.22. The van der Waals surface area contributed by atoms with Crippen LogP contribution < -0.4 is 10.6 Å². The van der Waals surface area contributed by atoms with Crippen molar-refractivity contribution in [2.45, 2.75) is 19.4 Å². The van der Waals surface area contributed by atoms with Gasteiger partial charge in [-0.05, 0) is 42.8 Å². The number of nitrogens with zero attached hydrogens (tertiary/aromatic N) is 3. The molecular formula is C20H23FN4O. The van der Waals surface area contributed by atoms with Crippen molar-refractivity contribution in [3.05, 3.63) is 65.7 Å². The van der Waals surface area contributed by atoms with Gasteiger partial charge in [0.05, 0.1) is 5.52 Å². The van der Waals surface area contributed by atoms with E-state index < -0.39 is 0 Å². The predicted molar refractivity (Wildman–Crippen MR) is 101 cm³/mol. The topological polar surface area (TPSA) is 75.3 Å². The number of benzene rings is 2. The van der Waals surface area contributed by atoms with Gasteiger partial charge in [-0.15, -0.1) is 0 Å². The molecule has 0 saturated heterocycles.